The van der Waals surface area contributed by atoms with Crippen LogP contribution in [0.1, 0.15) is 56.1 Å². The van der Waals surface area contributed by atoms with Crippen LogP contribution in [0.2, 0.25) is 0 Å². The summed E-state index contributed by atoms with van der Waals surface area (Å²) in [7, 11) is 0. The Morgan fingerprint density at radius 3 is 2.81 bits per heavy atom. The largest absolute Gasteiger partial charge is 0.507 e. The van der Waals surface area contributed by atoms with Crippen molar-refractivity contribution in [3.63, 3.8) is 0 Å². The van der Waals surface area contributed by atoms with E-state index in [1.165, 1.54) is 30.4 Å². The maximum atomic E-state index is 10.4. The number of hydrogen-bond acceptors (Lipinski definition) is 2. The van der Waals surface area contributed by atoms with E-state index in [1.54, 1.807) is 0 Å². The van der Waals surface area contributed by atoms with Crippen LogP contribution < -0.4 is 0 Å². The number of aliphatic hydroxyl groups excluding tert-OH is 1. The third-order valence-corrected chi connectivity index (χ3v) is 7.66. The highest BCUT2D eigenvalue weighted by molar-refractivity contribution is 9.10. The van der Waals surface area contributed by atoms with Gasteiger partial charge in [0.1, 0.15) is 5.75 Å². The van der Waals surface area contributed by atoms with Crippen LogP contribution in [0.3, 0.4) is 0 Å². The number of aliphatic hydroxyl groups is 1. The van der Waals surface area contributed by atoms with Gasteiger partial charge < -0.3 is 10.2 Å². The molecule has 1 aromatic rings. The SMILES string of the molecule is C[C@]12CC[C@@H]3c4ccc(O)c(Br)c4CC[C@@H]3[C@H]1CC[C@H]2O. The molecular formula is C18H23BrO2. The number of aromatic hydroxyl groups is 1. The maximum absolute atomic E-state index is 10.4. The van der Waals surface area contributed by atoms with Gasteiger partial charge in [-0.3, -0.25) is 0 Å². The van der Waals surface area contributed by atoms with Gasteiger partial charge in [-0.15, -0.1) is 0 Å². The number of fused-ring (bicyclic) bond motifs is 5. The maximum Gasteiger partial charge on any atom is 0.130 e. The molecule has 0 aromatic heterocycles. The van der Waals surface area contributed by atoms with Gasteiger partial charge in [0, 0.05) is 0 Å². The van der Waals surface area contributed by atoms with Gasteiger partial charge in [0.2, 0.25) is 0 Å². The fraction of sp³-hybridized carbons (Fsp3) is 0.667. The zero-order chi connectivity index (χ0) is 14.8. The molecule has 3 heteroatoms. The molecule has 2 nitrogen and oxygen atoms in total. The first-order valence-electron chi connectivity index (χ1n) is 8.20. The molecule has 5 atom stereocenters. The molecule has 3 aliphatic rings. The van der Waals surface area contributed by atoms with Gasteiger partial charge in [0.25, 0.3) is 0 Å². The summed E-state index contributed by atoms with van der Waals surface area (Å²) in [5.41, 5.74) is 2.91. The average Bonchev–Trinajstić information content (AvgIpc) is 2.78. The Hall–Kier alpha value is -0.540. The predicted octanol–water partition coefficient (Wildman–Crippen LogP) is 4.37. The summed E-state index contributed by atoms with van der Waals surface area (Å²) in [6, 6.07) is 3.98. The van der Waals surface area contributed by atoms with Gasteiger partial charge in [-0.05, 0) is 94.8 Å². The van der Waals surface area contributed by atoms with Crippen molar-refractivity contribution in [3.05, 3.63) is 27.7 Å². The second-order valence-electron chi connectivity index (χ2n) is 7.52. The second kappa shape index (κ2) is 4.73. The first kappa shape index (κ1) is 14.1. The first-order chi connectivity index (χ1) is 10.0. The minimum atomic E-state index is -0.101. The van der Waals surface area contributed by atoms with Crippen LogP contribution in [0, 0.1) is 17.3 Å². The lowest BCUT2D eigenvalue weighted by atomic mass is 9.55. The Morgan fingerprint density at radius 1 is 1.19 bits per heavy atom. The van der Waals surface area contributed by atoms with Crippen LogP contribution in [-0.2, 0) is 6.42 Å². The van der Waals surface area contributed by atoms with Gasteiger partial charge in [0.05, 0.1) is 10.6 Å². The van der Waals surface area contributed by atoms with Crippen molar-refractivity contribution < 1.29 is 10.2 Å². The molecule has 3 aliphatic carbocycles. The average molecular weight is 351 g/mol. The Morgan fingerprint density at radius 2 is 2.00 bits per heavy atom. The standard InChI is InChI=1S/C18H23BrO2/c1-18-9-8-11-10-4-6-15(20)17(19)13(10)3-2-12(11)14(18)5-7-16(18)21/h4,6,11-12,14,16,20-21H,2-3,5,7-9H2,1H3/t11-,12+,14-,16-,18+/m1/s1. The fourth-order valence-corrected chi connectivity index (χ4v) is 6.14. The quantitative estimate of drug-likeness (QED) is 0.729. The van der Waals surface area contributed by atoms with Crippen molar-refractivity contribution in [1.82, 2.24) is 0 Å². The van der Waals surface area contributed by atoms with Crippen LogP contribution in [-0.4, -0.2) is 16.3 Å². The molecule has 0 radical (unpaired) electrons. The molecule has 21 heavy (non-hydrogen) atoms. The summed E-state index contributed by atoms with van der Waals surface area (Å²) in [6.45, 7) is 2.31. The highest BCUT2D eigenvalue weighted by Crippen LogP contribution is 2.61. The normalized spacial score (nSPS) is 41.3. The Kier molecular flexibility index (Phi) is 3.17. The smallest absolute Gasteiger partial charge is 0.130 e. The Bertz CT molecular complexity index is 585. The van der Waals surface area contributed by atoms with E-state index in [9.17, 15) is 10.2 Å². The summed E-state index contributed by atoms with van der Waals surface area (Å²) < 4.78 is 0.901. The van der Waals surface area contributed by atoms with Crippen LogP contribution in [0.5, 0.6) is 5.75 Å². The van der Waals surface area contributed by atoms with E-state index in [-0.39, 0.29) is 11.5 Å². The third kappa shape index (κ3) is 1.86. The second-order valence-corrected chi connectivity index (χ2v) is 8.31. The Labute approximate surface area is 134 Å². The van der Waals surface area contributed by atoms with Crippen molar-refractivity contribution >= 4 is 15.9 Å². The molecule has 2 saturated carbocycles. The van der Waals surface area contributed by atoms with Crippen LogP contribution in [0.25, 0.3) is 0 Å². The van der Waals surface area contributed by atoms with Crippen LogP contribution in [0.4, 0.5) is 0 Å². The molecule has 0 spiro atoms. The number of phenols is 1. The predicted molar refractivity (Wildman–Crippen MR) is 86.4 cm³/mol. The Balaban J connectivity index is 1.74. The van der Waals surface area contributed by atoms with Gasteiger partial charge in [-0.25, -0.2) is 0 Å². The van der Waals surface area contributed by atoms with E-state index in [2.05, 4.69) is 28.9 Å². The van der Waals surface area contributed by atoms with E-state index in [0.29, 0.717) is 23.5 Å². The van der Waals surface area contributed by atoms with E-state index < -0.39 is 0 Å². The number of rotatable bonds is 0. The molecule has 0 bridgehead atoms. The molecule has 1 aromatic carbocycles. The minimum Gasteiger partial charge on any atom is -0.507 e. The van der Waals surface area contributed by atoms with Crippen LogP contribution >= 0.6 is 15.9 Å². The van der Waals surface area contributed by atoms with Gasteiger partial charge in [-0.1, -0.05) is 13.0 Å². The fourth-order valence-electron chi connectivity index (χ4n) is 5.58. The van der Waals surface area contributed by atoms with Crippen LogP contribution in [0.15, 0.2) is 16.6 Å². The van der Waals surface area contributed by atoms with Gasteiger partial charge >= 0.3 is 0 Å². The number of benzene rings is 1. The molecule has 2 N–H and O–H groups in total. The van der Waals surface area contributed by atoms with Crippen molar-refractivity contribution in [3.8, 4) is 5.75 Å². The van der Waals surface area contributed by atoms with Crippen molar-refractivity contribution in [2.24, 2.45) is 17.3 Å². The lowest BCUT2D eigenvalue weighted by Gasteiger charge is -2.50. The van der Waals surface area contributed by atoms with Crippen molar-refractivity contribution in [2.75, 3.05) is 0 Å². The highest BCUT2D eigenvalue weighted by atomic mass is 79.9. The number of phenolic OH excluding ortho intramolecular Hbond substituents is 1. The van der Waals surface area contributed by atoms with Gasteiger partial charge in [-0.2, -0.15) is 0 Å². The van der Waals surface area contributed by atoms with E-state index >= 15 is 0 Å². The number of halogens is 1. The first-order valence-corrected chi connectivity index (χ1v) is 9.00. The summed E-state index contributed by atoms with van der Waals surface area (Å²) in [6.07, 6.45) is 6.64. The molecule has 0 amide bonds. The summed E-state index contributed by atoms with van der Waals surface area (Å²) in [5.74, 6) is 2.37. The molecule has 0 aliphatic heterocycles. The van der Waals surface area contributed by atoms with Crippen molar-refractivity contribution in [1.29, 1.82) is 0 Å². The molecule has 0 unspecified atom stereocenters. The van der Waals surface area contributed by atoms with Gasteiger partial charge in [0.15, 0.2) is 0 Å². The topological polar surface area (TPSA) is 40.5 Å². The van der Waals surface area contributed by atoms with E-state index in [0.717, 1.165) is 23.7 Å². The lowest BCUT2D eigenvalue weighted by molar-refractivity contribution is -0.0226. The van der Waals surface area contributed by atoms with E-state index in [1.807, 2.05) is 6.07 Å². The van der Waals surface area contributed by atoms with E-state index in [4.69, 9.17) is 0 Å². The summed E-state index contributed by atoms with van der Waals surface area (Å²) in [5, 5.41) is 20.3. The molecule has 114 valence electrons. The number of hydrogen-bond donors (Lipinski definition) is 2. The minimum absolute atomic E-state index is 0.101. The van der Waals surface area contributed by atoms with Crippen molar-refractivity contribution in [2.45, 2.75) is 57.5 Å². The summed E-state index contributed by atoms with van der Waals surface area (Å²) in [4.78, 5) is 0. The zero-order valence-electron chi connectivity index (χ0n) is 12.5. The molecule has 0 saturated heterocycles. The summed E-state index contributed by atoms with van der Waals surface area (Å²) >= 11 is 3.57. The molecule has 4 rings (SSSR count). The molecule has 2 fully saturated rings. The lowest BCUT2D eigenvalue weighted by Crippen LogP contribution is -2.43. The monoisotopic (exact) mass is 350 g/mol. The zero-order valence-corrected chi connectivity index (χ0v) is 14.1. The molecule has 0 heterocycles. The molecular weight excluding hydrogens is 328 g/mol. The third-order valence-electron chi connectivity index (χ3n) is 6.77. The highest BCUT2D eigenvalue weighted by Gasteiger charge is 2.54.